The van der Waals surface area contributed by atoms with Gasteiger partial charge in [-0.1, -0.05) is 18.2 Å². The molecule has 2 amide bonds. The van der Waals surface area contributed by atoms with Crippen LogP contribution in [0.1, 0.15) is 29.8 Å². The van der Waals surface area contributed by atoms with E-state index in [-0.39, 0.29) is 17.2 Å². The zero-order chi connectivity index (χ0) is 21.7. The number of nitrogens with zero attached hydrogens (tertiary/aromatic N) is 2. The van der Waals surface area contributed by atoms with E-state index in [9.17, 15) is 19.7 Å². The molecule has 1 heterocycles. The van der Waals surface area contributed by atoms with E-state index in [2.05, 4.69) is 5.32 Å². The van der Waals surface area contributed by atoms with Crippen molar-refractivity contribution >= 4 is 17.5 Å². The van der Waals surface area contributed by atoms with Crippen molar-refractivity contribution < 1.29 is 24.0 Å². The van der Waals surface area contributed by atoms with Crippen LogP contribution in [-0.2, 0) is 11.3 Å². The SMILES string of the molecule is CCN(Cc1cccc2c1OCCO2)C(=O)C(C)NC(=O)c1cccc([N+](=O)[O-])c1. The Hall–Kier alpha value is -3.62. The molecule has 0 aromatic heterocycles. The summed E-state index contributed by atoms with van der Waals surface area (Å²) in [6.45, 7) is 5.09. The molecule has 0 aliphatic carbocycles. The summed E-state index contributed by atoms with van der Waals surface area (Å²) in [7, 11) is 0. The number of non-ortho nitro benzene ring substituents is 1. The molecule has 0 radical (unpaired) electrons. The number of hydrogen-bond acceptors (Lipinski definition) is 6. The van der Waals surface area contributed by atoms with Gasteiger partial charge in [0, 0.05) is 36.3 Å². The average molecular weight is 413 g/mol. The van der Waals surface area contributed by atoms with Gasteiger partial charge in [-0.2, -0.15) is 0 Å². The minimum atomic E-state index is -0.812. The smallest absolute Gasteiger partial charge is 0.270 e. The zero-order valence-electron chi connectivity index (χ0n) is 16.8. The van der Waals surface area contributed by atoms with Crippen LogP contribution < -0.4 is 14.8 Å². The summed E-state index contributed by atoms with van der Waals surface area (Å²) < 4.78 is 11.3. The molecule has 0 fully saturated rings. The Bertz CT molecular complexity index is 962. The van der Waals surface area contributed by atoms with Crippen molar-refractivity contribution in [2.75, 3.05) is 19.8 Å². The maximum Gasteiger partial charge on any atom is 0.270 e. The van der Waals surface area contributed by atoms with E-state index in [1.54, 1.807) is 11.8 Å². The monoisotopic (exact) mass is 413 g/mol. The lowest BCUT2D eigenvalue weighted by atomic mass is 10.1. The predicted octanol–water partition coefficient (Wildman–Crippen LogP) is 2.53. The van der Waals surface area contributed by atoms with Crippen LogP contribution in [-0.4, -0.2) is 47.4 Å². The van der Waals surface area contributed by atoms with Gasteiger partial charge in [-0.25, -0.2) is 0 Å². The number of hydrogen-bond donors (Lipinski definition) is 1. The second-order valence-corrected chi connectivity index (χ2v) is 6.80. The van der Waals surface area contributed by atoms with Gasteiger partial charge in [0.2, 0.25) is 5.91 Å². The van der Waals surface area contributed by atoms with Crippen LogP contribution in [0.3, 0.4) is 0 Å². The number of benzene rings is 2. The number of ether oxygens (including phenoxy) is 2. The van der Waals surface area contributed by atoms with Crippen molar-refractivity contribution in [3.63, 3.8) is 0 Å². The summed E-state index contributed by atoms with van der Waals surface area (Å²) in [5.74, 6) is 0.451. The Kier molecular flexibility index (Phi) is 6.51. The van der Waals surface area contributed by atoms with Crippen LogP contribution in [0.25, 0.3) is 0 Å². The molecule has 1 aliphatic rings. The number of para-hydroxylation sites is 1. The second kappa shape index (κ2) is 9.25. The van der Waals surface area contributed by atoms with Gasteiger partial charge in [0.1, 0.15) is 19.3 Å². The first-order valence-electron chi connectivity index (χ1n) is 9.62. The number of rotatable bonds is 7. The normalized spacial score (nSPS) is 13.3. The van der Waals surface area contributed by atoms with Gasteiger partial charge in [-0.05, 0) is 26.0 Å². The fraction of sp³-hybridized carbons (Fsp3) is 0.333. The summed E-state index contributed by atoms with van der Waals surface area (Å²) in [6, 6.07) is 10.1. The molecule has 2 aromatic carbocycles. The molecule has 1 N–H and O–H groups in total. The molecule has 1 aliphatic heterocycles. The highest BCUT2D eigenvalue weighted by molar-refractivity contribution is 5.97. The molecule has 0 saturated carbocycles. The molecule has 2 aromatic rings. The predicted molar refractivity (Wildman–Crippen MR) is 109 cm³/mol. The first-order valence-corrected chi connectivity index (χ1v) is 9.62. The number of nitro groups is 1. The third-order valence-corrected chi connectivity index (χ3v) is 4.74. The van der Waals surface area contributed by atoms with Gasteiger partial charge in [-0.15, -0.1) is 0 Å². The van der Waals surface area contributed by atoms with Gasteiger partial charge in [0.15, 0.2) is 11.5 Å². The fourth-order valence-electron chi connectivity index (χ4n) is 3.19. The van der Waals surface area contributed by atoms with Crippen molar-refractivity contribution in [1.29, 1.82) is 0 Å². The third kappa shape index (κ3) is 4.68. The molecule has 0 bridgehead atoms. The molecule has 158 valence electrons. The molecule has 3 rings (SSSR count). The fourth-order valence-corrected chi connectivity index (χ4v) is 3.19. The van der Waals surface area contributed by atoms with E-state index < -0.39 is 16.9 Å². The quantitative estimate of drug-likeness (QED) is 0.552. The van der Waals surface area contributed by atoms with Crippen LogP contribution >= 0.6 is 0 Å². The van der Waals surface area contributed by atoms with E-state index in [0.29, 0.717) is 37.8 Å². The number of nitrogens with one attached hydrogen (secondary N) is 1. The van der Waals surface area contributed by atoms with Crippen molar-refractivity contribution in [1.82, 2.24) is 10.2 Å². The van der Waals surface area contributed by atoms with E-state index in [1.807, 2.05) is 25.1 Å². The largest absolute Gasteiger partial charge is 0.486 e. The highest BCUT2D eigenvalue weighted by Gasteiger charge is 2.24. The van der Waals surface area contributed by atoms with Crippen molar-refractivity contribution in [3.8, 4) is 11.5 Å². The Morgan fingerprint density at radius 2 is 1.93 bits per heavy atom. The standard InChI is InChI=1S/C21H23N3O6/c1-3-23(13-16-7-5-9-18-19(16)30-11-10-29-18)21(26)14(2)22-20(25)15-6-4-8-17(12-15)24(27)28/h4-9,12,14H,3,10-11,13H2,1-2H3,(H,22,25). The minimum absolute atomic E-state index is 0.120. The topological polar surface area (TPSA) is 111 Å². The van der Waals surface area contributed by atoms with E-state index in [1.165, 1.54) is 24.3 Å². The van der Waals surface area contributed by atoms with Gasteiger partial charge in [0.05, 0.1) is 4.92 Å². The average Bonchev–Trinajstić information content (AvgIpc) is 2.77. The van der Waals surface area contributed by atoms with E-state index in [4.69, 9.17) is 9.47 Å². The van der Waals surface area contributed by atoms with Gasteiger partial charge >= 0.3 is 0 Å². The summed E-state index contributed by atoms with van der Waals surface area (Å²) in [5.41, 5.74) is 0.752. The summed E-state index contributed by atoms with van der Waals surface area (Å²) in [5, 5.41) is 13.5. The van der Waals surface area contributed by atoms with Gasteiger partial charge in [0.25, 0.3) is 11.6 Å². The molecule has 9 heteroatoms. The molecule has 0 saturated heterocycles. The first-order chi connectivity index (χ1) is 14.4. The summed E-state index contributed by atoms with van der Waals surface area (Å²) in [6.07, 6.45) is 0. The molecular formula is C21H23N3O6. The Morgan fingerprint density at radius 1 is 1.20 bits per heavy atom. The molecule has 30 heavy (non-hydrogen) atoms. The molecule has 9 nitrogen and oxygen atoms in total. The Morgan fingerprint density at radius 3 is 2.67 bits per heavy atom. The van der Waals surface area contributed by atoms with E-state index >= 15 is 0 Å². The number of nitro benzene ring substituents is 1. The maximum atomic E-state index is 12.9. The second-order valence-electron chi connectivity index (χ2n) is 6.80. The van der Waals surface area contributed by atoms with Crippen molar-refractivity contribution in [3.05, 3.63) is 63.7 Å². The highest BCUT2D eigenvalue weighted by Crippen LogP contribution is 2.34. The van der Waals surface area contributed by atoms with Crippen LogP contribution in [0.15, 0.2) is 42.5 Å². The van der Waals surface area contributed by atoms with Crippen LogP contribution in [0.4, 0.5) is 5.69 Å². The van der Waals surface area contributed by atoms with Gasteiger partial charge < -0.3 is 19.7 Å². The summed E-state index contributed by atoms with van der Waals surface area (Å²) >= 11 is 0. The molecule has 0 spiro atoms. The number of carbonyl (C=O) groups excluding carboxylic acids is 2. The number of fused-ring (bicyclic) bond motifs is 1. The molecule has 1 unspecified atom stereocenters. The lowest BCUT2D eigenvalue weighted by Gasteiger charge is -2.27. The molecular weight excluding hydrogens is 390 g/mol. The number of likely N-dealkylation sites (N-methyl/N-ethyl adjacent to an activating group) is 1. The highest BCUT2D eigenvalue weighted by atomic mass is 16.6. The Balaban J connectivity index is 1.69. The lowest BCUT2D eigenvalue weighted by Crippen LogP contribution is -2.46. The van der Waals surface area contributed by atoms with Gasteiger partial charge in [-0.3, -0.25) is 19.7 Å². The third-order valence-electron chi connectivity index (χ3n) is 4.74. The maximum absolute atomic E-state index is 12.9. The van der Waals surface area contributed by atoms with Crippen LogP contribution in [0, 0.1) is 10.1 Å². The Labute approximate surface area is 173 Å². The number of carbonyl (C=O) groups is 2. The molecule has 1 atom stereocenters. The van der Waals surface area contributed by atoms with Crippen molar-refractivity contribution in [2.24, 2.45) is 0 Å². The zero-order valence-corrected chi connectivity index (χ0v) is 16.8. The summed E-state index contributed by atoms with van der Waals surface area (Å²) in [4.78, 5) is 37.3. The minimum Gasteiger partial charge on any atom is -0.486 e. The van der Waals surface area contributed by atoms with Crippen LogP contribution in [0.2, 0.25) is 0 Å². The number of amides is 2. The van der Waals surface area contributed by atoms with E-state index in [0.717, 1.165) is 5.56 Å². The lowest BCUT2D eigenvalue weighted by molar-refractivity contribution is -0.384. The first kappa shape index (κ1) is 21.1. The van der Waals surface area contributed by atoms with Crippen LogP contribution in [0.5, 0.6) is 11.5 Å². The van der Waals surface area contributed by atoms with Crippen molar-refractivity contribution in [2.45, 2.75) is 26.4 Å².